The van der Waals surface area contributed by atoms with Crippen molar-refractivity contribution in [2.24, 2.45) is 0 Å². The fraction of sp³-hybridized carbons (Fsp3) is 0.0556. The van der Waals surface area contributed by atoms with Crippen LogP contribution in [0.25, 0.3) is 6.08 Å². The first-order valence-electron chi connectivity index (χ1n) is 7.86. The van der Waals surface area contributed by atoms with Gasteiger partial charge in [-0.15, -0.1) is 0 Å². The molecule has 0 unspecified atom stereocenters. The van der Waals surface area contributed by atoms with E-state index in [4.69, 9.17) is 17.0 Å². The third-order valence-electron chi connectivity index (χ3n) is 3.74. The number of hydrogen-bond acceptors (Lipinski definition) is 7. The van der Waals surface area contributed by atoms with Crippen LogP contribution in [0.2, 0.25) is 0 Å². The van der Waals surface area contributed by atoms with E-state index in [1.165, 1.54) is 31.4 Å². The van der Waals surface area contributed by atoms with Gasteiger partial charge in [0.2, 0.25) is 0 Å². The van der Waals surface area contributed by atoms with Gasteiger partial charge in [0.25, 0.3) is 17.5 Å². The Kier molecular flexibility index (Phi) is 5.71. The molecule has 0 aliphatic carbocycles. The molecule has 3 rings (SSSR count). The van der Waals surface area contributed by atoms with Crippen molar-refractivity contribution in [3.05, 3.63) is 74.7 Å². The topological polar surface area (TPSA) is 102 Å². The lowest BCUT2D eigenvalue weighted by Crippen LogP contribution is -2.44. The van der Waals surface area contributed by atoms with Gasteiger partial charge in [-0.25, -0.2) is 0 Å². The van der Waals surface area contributed by atoms with Gasteiger partial charge in [0.1, 0.15) is 5.75 Å². The molecule has 10 heteroatoms. The number of carbonyl (C=O) groups is 2. The van der Waals surface area contributed by atoms with Crippen LogP contribution in [0.4, 0.5) is 5.69 Å². The first-order valence-corrected chi connectivity index (χ1v) is 9.09. The van der Waals surface area contributed by atoms with Crippen LogP contribution < -0.4 is 10.2 Å². The molecule has 1 aliphatic rings. The van der Waals surface area contributed by atoms with Crippen molar-refractivity contribution in [1.82, 2.24) is 10.4 Å². The molecule has 28 heavy (non-hydrogen) atoms. The van der Waals surface area contributed by atoms with E-state index in [0.29, 0.717) is 16.9 Å². The molecule has 0 spiro atoms. The van der Waals surface area contributed by atoms with Crippen molar-refractivity contribution in [2.75, 3.05) is 7.11 Å². The van der Waals surface area contributed by atoms with E-state index in [0.717, 1.165) is 16.8 Å². The number of amides is 2. The smallest absolute Gasteiger partial charge is 0.285 e. The molecule has 142 valence electrons. The Labute approximate surface area is 169 Å². The summed E-state index contributed by atoms with van der Waals surface area (Å²) in [5.74, 6) is -0.416. The van der Waals surface area contributed by atoms with E-state index in [2.05, 4.69) is 5.43 Å². The standard InChI is InChI=1S/C18H13N3O5S2/c1-26-14-7-5-12(6-8-14)16(22)19-20-17(23)15(28-18(20)27)10-11-3-2-4-13(9-11)21(24)25/h2-10H,1H3,(H,19,22). The number of nitro benzene ring substituents is 1. The highest BCUT2D eigenvalue weighted by atomic mass is 32.2. The van der Waals surface area contributed by atoms with E-state index < -0.39 is 16.7 Å². The maximum atomic E-state index is 12.6. The zero-order valence-corrected chi connectivity index (χ0v) is 16.1. The number of methoxy groups -OCH3 is 1. The van der Waals surface area contributed by atoms with Crippen molar-refractivity contribution in [2.45, 2.75) is 0 Å². The van der Waals surface area contributed by atoms with E-state index in [-0.39, 0.29) is 14.9 Å². The normalized spacial score (nSPS) is 15.0. The summed E-state index contributed by atoms with van der Waals surface area (Å²) in [6, 6.07) is 12.2. The van der Waals surface area contributed by atoms with Crippen LogP contribution >= 0.6 is 24.0 Å². The maximum absolute atomic E-state index is 12.6. The molecule has 1 heterocycles. The van der Waals surface area contributed by atoms with Gasteiger partial charge in [-0.05, 0) is 48.1 Å². The number of nitrogens with one attached hydrogen (secondary N) is 1. The highest BCUT2D eigenvalue weighted by Crippen LogP contribution is 2.32. The average Bonchev–Trinajstić information content (AvgIpc) is 2.95. The fourth-order valence-electron chi connectivity index (χ4n) is 2.35. The van der Waals surface area contributed by atoms with Crippen LogP contribution in [0, 0.1) is 10.1 Å². The quantitative estimate of drug-likeness (QED) is 0.346. The number of hydrazine groups is 1. The SMILES string of the molecule is COc1ccc(C(=O)NN2C(=O)C(=Cc3cccc([N+](=O)[O-])c3)SC2=S)cc1. The van der Waals surface area contributed by atoms with E-state index in [1.54, 1.807) is 30.3 Å². The number of ether oxygens (including phenoxy) is 1. The zero-order valence-electron chi connectivity index (χ0n) is 14.4. The van der Waals surface area contributed by atoms with Crippen LogP contribution in [0.15, 0.2) is 53.4 Å². The zero-order chi connectivity index (χ0) is 20.3. The summed E-state index contributed by atoms with van der Waals surface area (Å²) in [4.78, 5) is 35.6. The second kappa shape index (κ2) is 8.19. The number of carbonyl (C=O) groups excluding carboxylic acids is 2. The number of non-ortho nitro benzene ring substituents is 1. The Morgan fingerprint density at radius 2 is 2.00 bits per heavy atom. The predicted molar refractivity (Wildman–Crippen MR) is 109 cm³/mol. The molecule has 0 bridgehead atoms. The Morgan fingerprint density at radius 3 is 2.64 bits per heavy atom. The Morgan fingerprint density at radius 1 is 1.29 bits per heavy atom. The molecule has 1 fully saturated rings. The monoisotopic (exact) mass is 415 g/mol. The third kappa shape index (κ3) is 4.18. The van der Waals surface area contributed by atoms with Crippen LogP contribution in [-0.2, 0) is 4.79 Å². The van der Waals surface area contributed by atoms with Crippen molar-refractivity contribution < 1.29 is 19.2 Å². The fourth-order valence-corrected chi connectivity index (χ4v) is 3.53. The van der Waals surface area contributed by atoms with Crippen molar-refractivity contribution in [3.63, 3.8) is 0 Å². The second-order valence-electron chi connectivity index (χ2n) is 5.54. The molecule has 0 atom stereocenters. The molecule has 1 aliphatic heterocycles. The number of nitro groups is 1. The number of rotatable bonds is 5. The largest absolute Gasteiger partial charge is 0.497 e. The molecule has 2 aromatic carbocycles. The first kappa shape index (κ1) is 19.5. The number of nitrogens with zero attached hydrogens (tertiary/aromatic N) is 2. The predicted octanol–water partition coefficient (Wildman–Crippen LogP) is 3.15. The summed E-state index contributed by atoms with van der Waals surface area (Å²) in [6.07, 6.45) is 1.49. The summed E-state index contributed by atoms with van der Waals surface area (Å²) >= 11 is 6.17. The molecular weight excluding hydrogens is 402 g/mol. The molecule has 2 aromatic rings. The highest BCUT2D eigenvalue weighted by molar-refractivity contribution is 8.26. The summed E-state index contributed by atoms with van der Waals surface area (Å²) in [6.45, 7) is 0. The molecule has 1 N–H and O–H groups in total. The summed E-state index contributed by atoms with van der Waals surface area (Å²) in [5, 5.41) is 11.9. The van der Waals surface area contributed by atoms with Crippen LogP contribution in [0.1, 0.15) is 15.9 Å². The number of hydrogen-bond donors (Lipinski definition) is 1. The number of thioether (sulfide) groups is 1. The Bertz CT molecular complexity index is 1000. The van der Waals surface area contributed by atoms with Gasteiger partial charge in [-0.1, -0.05) is 23.9 Å². The maximum Gasteiger partial charge on any atom is 0.285 e. The molecule has 1 saturated heterocycles. The second-order valence-corrected chi connectivity index (χ2v) is 7.21. The summed E-state index contributed by atoms with van der Waals surface area (Å²) in [7, 11) is 1.52. The van der Waals surface area contributed by atoms with Gasteiger partial charge in [0, 0.05) is 17.7 Å². The van der Waals surface area contributed by atoms with Gasteiger partial charge in [-0.2, -0.15) is 5.01 Å². The molecular formula is C18H13N3O5S2. The third-order valence-corrected chi connectivity index (χ3v) is 5.04. The molecule has 2 amide bonds. The summed E-state index contributed by atoms with van der Waals surface area (Å²) < 4.78 is 5.20. The average molecular weight is 415 g/mol. The van der Waals surface area contributed by atoms with Crippen LogP contribution in [0.5, 0.6) is 5.75 Å². The Balaban J connectivity index is 1.76. The minimum atomic E-state index is -0.516. The van der Waals surface area contributed by atoms with Gasteiger partial charge in [-0.3, -0.25) is 25.1 Å². The molecule has 0 saturated carbocycles. The first-order chi connectivity index (χ1) is 13.4. The summed E-state index contributed by atoms with van der Waals surface area (Å²) in [5.41, 5.74) is 3.20. The van der Waals surface area contributed by atoms with Gasteiger partial charge in [0.15, 0.2) is 4.32 Å². The highest BCUT2D eigenvalue weighted by Gasteiger charge is 2.33. The van der Waals surface area contributed by atoms with E-state index >= 15 is 0 Å². The molecule has 0 aromatic heterocycles. The number of thiocarbonyl (C=S) groups is 1. The van der Waals surface area contributed by atoms with Gasteiger partial charge < -0.3 is 4.74 Å². The van der Waals surface area contributed by atoms with E-state index in [9.17, 15) is 19.7 Å². The van der Waals surface area contributed by atoms with Gasteiger partial charge in [0.05, 0.1) is 16.9 Å². The Hall–Kier alpha value is -3.24. The lowest BCUT2D eigenvalue weighted by atomic mass is 10.2. The lowest BCUT2D eigenvalue weighted by molar-refractivity contribution is -0.384. The van der Waals surface area contributed by atoms with Crippen molar-refractivity contribution >= 4 is 51.9 Å². The molecule has 8 nitrogen and oxygen atoms in total. The number of benzene rings is 2. The minimum absolute atomic E-state index is 0.0861. The van der Waals surface area contributed by atoms with Crippen LogP contribution in [-0.4, -0.2) is 33.2 Å². The van der Waals surface area contributed by atoms with Crippen molar-refractivity contribution in [3.8, 4) is 5.75 Å². The van der Waals surface area contributed by atoms with E-state index in [1.807, 2.05) is 0 Å². The lowest BCUT2D eigenvalue weighted by Gasteiger charge is -2.15. The van der Waals surface area contributed by atoms with Crippen molar-refractivity contribution in [1.29, 1.82) is 0 Å². The minimum Gasteiger partial charge on any atom is -0.497 e. The van der Waals surface area contributed by atoms with Crippen LogP contribution in [0.3, 0.4) is 0 Å². The van der Waals surface area contributed by atoms with Gasteiger partial charge >= 0.3 is 0 Å². The molecule has 0 radical (unpaired) electrons.